The predicted octanol–water partition coefficient (Wildman–Crippen LogP) is 7.03. The molecule has 1 heterocycles. The number of carbonyl (C=O) groups is 1. The molecule has 3 aromatic carbocycles. The summed E-state index contributed by atoms with van der Waals surface area (Å²) in [6, 6.07) is 16.3. The summed E-state index contributed by atoms with van der Waals surface area (Å²) in [5, 5.41) is 14.2. The Morgan fingerprint density at radius 2 is 1.59 bits per heavy atom. The molecule has 12 heteroatoms. The second kappa shape index (κ2) is 9.90. The van der Waals surface area contributed by atoms with Gasteiger partial charge in [0.05, 0.1) is 15.1 Å². The number of rotatable bonds is 5. The Morgan fingerprint density at radius 3 is 2.26 bits per heavy atom. The molecular weight excluding hydrogens is 522 g/mol. The number of azo groups is 1. The van der Waals surface area contributed by atoms with E-state index in [1.807, 2.05) is 6.07 Å². The number of amides is 1. The summed E-state index contributed by atoms with van der Waals surface area (Å²) in [6.07, 6.45) is 0. The minimum absolute atomic E-state index is 0.0788. The third-order valence-electron chi connectivity index (χ3n) is 4.60. The average molecular weight is 536 g/mol. The van der Waals surface area contributed by atoms with Crippen LogP contribution in [0.3, 0.4) is 0 Å². The molecule has 4 N–H and O–H groups in total. The van der Waals surface area contributed by atoms with E-state index in [9.17, 15) is 9.59 Å². The van der Waals surface area contributed by atoms with E-state index in [1.165, 1.54) is 24.3 Å². The molecule has 0 unspecified atom stereocenters. The number of H-pyrrole nitrogens is 1. The summed E-state index contributed by atoms with van der Waals surface area (Å²) in [6.45, 7) is 0. The second-order valence-electron chi connectivity index (χ2n) is 6.92. The van der Waals surface area contributed by atoms with Crippen molar-refractivity contribution in [1.29, 1.82) is 0 Å². The molecule has 0 radical (unpaired) electrons. The monoisotopic (exact) mass is 534 g/mol. The van der Waals surface area contributed by atoms with Gasteiger partial charge in [-0.1, -0.05) is 64.6 Å². The molecule has 4 aromatic rings. The predicted molar refractivity (Wildman–Crippen MR) is 136 cm³/mol. The van der Waals surface area contributed by atoms with Crippen molar-refractivity contribution < 1.29 is 4.79 Å². The molecule has 0 atom stereocenters. The van der Waals surface area contributed by atoms with Gasteiger partial charge in [0, 0.05) is 16.3 Å². The van der Waals surface area contributed by atoms with Crippen LogP contribution in [0.5, 0.6) is 0 Å². The summed E-state index contributed by atoms with van der Waals surface area (Å²) in [4.78, 5) is 25.5. The van der Waals surface area contributed by atoms with Crippen LogP contribution < -0.4 is 16.6 Å². The van der Waals surface area contributed by atoms with Crippen molar-refractivity contribution in [3.63, 3.8) is 0 Å². The summed E-state index contributed by atoms with van der Waals surface area (Å²) in [5.74, 6) is -0.445. The van der Waals surface area contributed by atoms with Crippen molar-refractivity contribution in [1.82, 2.24) is 9.78 Å². The van der Waals surface area contributed by atoms with Gasteiger partial charge in [-0.25, -0.2) is 4.68 Å². The van der Waals surface area contributed by atoms with Gasteiger partial charge in [0.15, 0.2) is 5.69 Å². The molecule has 0 aliphatic heterocycles. The van der Waals surface area contributed by atoms with E-state index in [4.69, 9.17) is 52.1 Å². The highest BCUT2D eigenvalue weighted by molar-refractivity contribution is 6.40. The number of nitrogens with one attached hydrogen (secondary N) is 2. The Kier molecular flexibility index (Phi) is 6.95. The van der Waals surface area contributed by atoms with Crippen LogP contribution in [0.2, 0.25) is 20.1 Å². The smallest absolute Gasteiger partial charge is 0.301 e. The highest BCUT2D eigenvalue weighted by Crippen LogP contribution is 2.33. The fourth-order valence-electron chi connectivity index (χ4n) is 3.01. The number of nitrogen functional groups attached to an aromatic ring is 1. The van der Waals surface area contributed by atoms with Crippen molar-refractivity contribution in [3.05, 3.63) is 96.7 Å². The zero-order valence-corrected chi connectivity index (χ0v) is 20.0. The van der Waals surface area contributed by atoms with Crippen molar-refractivity contribution >= 4 is 75.2 Å². The third-order valence-corrected chi connectivity index (χ3v) is 5.71. The quantitative estimate of drug-likeness (QED) is 0.238. The van der Waals surface area contributed by atoms with Crippen molar-refractivity contribution in [2.24, 2.45) is 10.2 Å². The van der Waals surface area contributed by atoms with Crippen molar-refractivity contribution in [2.45, 2.75) is 0 Å². The first-order valence-corrected chi connectivity index (χ1v) is 11.1. The first-order valence-electron chi connectivity index (χ1n) is 9.57. The molecule has 1 amide bonds. The number of anilines is 2. The molecule has 0 saturated heterocycles. The first kappa shape index (κ1) is 23.8. The number of halogens is 4. The Balaban J connectivity index is 1.65. The Labute approximate surface area is 212 Å². The highest BCUT2D eigenvalue weighted by atomic mass is 35.5. The minimum Gasteiger partial charge on any atom is -0.382 e. The van der Waals surface area contributed by atoms with E-state index in [2.05, 4.69) is 20.6 Å². The number of carbonyl (C=O) groups excluding carboxylic acids is 1. The lowest BCUT2D eigenvalue weighted by atomic mass is 10.2. The topological polar surface area (TPSA) is 118 Å². The van der Waals surface area contributed by atoms with Gasteiger partial charge in [0.25, 0.3) is 5.91 Å². The summed E-state index contributed by atoms with van der Waals surface area (Å²) >= 11 is 24.5. The lowest BCUT2D eigenvalue weighted by Crippen LogP contribution is -2.15. The molecule has 172 valence electrons. The van der Waals surface area contributed by atoms with Gasteiger partial charge >= 0.3 is 5.56 Å². The van der Waals surface area contributed by atoms with Crippen LogP contribution in [0.25, 0.3) is 5.69 Å². The molecule has 0 aliphatic rings. The average Bonchev–Trinajstić information content (AvgIpc) is 3.06. The van der Waals surface area contributed by atoms with E-state index in [-0.39, 0.29) is 43.9 Å². The van der Waals surface area contributed by atoms with Crippen LogP contribution in [0.1, 0.15) is 10.4 Å². The van der Waals surface area contributed by atoms with E-state index >= 15 is 0 Å². The number of aromatic nitrogens is 2. The van der Waals surface area contributed by atoms with Gasteiger partial charge < -0.3 is 11.1 Å². The SMILES string of the molecule is Nc1[nH]n(-c2c(Cl)cc(Cl)cc2Cl)c(=O)c1N=Nc1cc(C(=O)Nc2ccccc2)ccc1Cl. The van der Waals surface area contributed by atoms with Crippen LogP contribution in [0, 0.1) is 0 Å². The number of nitrogens with zero attached hydrogens (tertiary/aromatic N) is 3. The molecule has 8 nitrogen and oxygen atoms in total. The second-order valence-corrected chi connectivity index (χ2v) is 8.58. The maximum atomic E-state index is 12.9. The first-order chi connectivity index (χ1) is 16.2. The van der Waals surface area contributed by atoms with E-state index < -0.39 is 5.56 Å². The van der Waals surface area contributed by atoms with E-state index in [0.717, 1.165) is 4.68 Å². The number of benzene rings is 3. The van der Waals surface area contributed by atoms with Crippen LogP contribution in [0.4, 0.5) is 22.9 Å². The van der Waals surface area contributed by atoms with Gasteiger partial charge in [-0.15, -0.1) is 10.2 Å². The summed E-state index contributed by atoms with van der Waals surface area (Å²) < 4.78 is 1.04. The summed E-state index contributed by atoms with van der Waals surface area (Å²) in [5.41, 5.74) is 6.33. The van der Waals surface area contributed by atoms with E-state index in [0.29, 0.717) is 16.3 Å². The Hall–Kier alpha value is -3.30. The zero-order valence-electron chi connectivity index (χ0n) is 17.0. The van der Waals surface area contributed by atoms with Gasteiger partial charge in [0.1, 0.15) is 17.2 Å². The van der Waals surface area contributed by atoms with Crippen LogP contribution in [-0.4, -0.2) is 15.7 Å². The van der Waals surface area contributed by atoms with Gasteiger partial charge in [0.2, 0.25) is 0 Å². The maximum absolute atomic E-state index is 12.9. The normalized spacial score (nSPS) is 11.2. The molecule has 1 aromatic heterocycles. The zero-order chi connectivity index (χ0) is 24.4. The van der Waals surface area contributed by atoms with Gasteiger partial charge in [-0.05, 0) is 42.5 Å². The minimum atomic E-state index is -0.651. The number of para-hydroxylation sites is 1. The molecule has 0 saturated carbocycles. The number of aromatic amines is 1. The van der Waals surface area contributed by atoms with Crippen LogP contribution >= 0.6 is 46.4 Å². The standard InChI is InChI=1S/C22H14Cl4N6O2/c23-12-9-15(25)19(16(26)10-12)32-22(34)18(20(27)31-32)30-29-17-8-11(6-7-14(17)24)21(33)28-13-4-2-1-3-5-13/h1-10,31H,27H2,(H,28,33). The molecule has 4 rings (SSSR count). The lowest BCUT2D eigenvalue weighted by molar-refractivity contribution is 0.102. The summed E-state index contributed by atoms with van der Waals surface area (Å²) in [7, 11) is 0. The molecule has 34 heavy (non-hydrogen) atoms. The fourth-order valence-corrected chi connectivity index (χ4v) is 4.15. The van der Waals surface area contributed by atoms with Gasteiger partial charge in [-0.3, -0.25) is 14.7 Å². The largest absolute Gasteiger partial charge is 0.382 e. The molecule has 0 aliphatic carbocycles. The third kappa shape index (κ3) is 4.95. The van der Waals surface area contributed by atoms with E-state index in [1.54, 1.807) is 30.3 Å². The lowest BCUT2D eigenvalue weighted by Gasteiger charge is -2.07. The van der Waals surface area contributed by atoms with Crippen LogP contribution in [-0.2, 0) is 0 Å². The molecule has 0 bridgehead atoms. The number of hydrogen-bond acceptors (Lipinski definition) is 5. The molecule has 0 fully saturated rings. The Morgan fingerprint density at radius 1 is 0.912 bits per heavy atom. The molecular formula is C22H14Cl4N6O2. The molecule has 0 spiro atoms. The maximum Gasteiger partial charge on any atom is 0.301 e. The van der Waals surface area contributed by atoms with Crippen molar-refractivity contribution in [3.8, 4) is 5.69 Å². The fraction of sp³-hybridized carbons (Fsp3) is 0. The Bertz CT molecular complexity index is 1460. The van der Waals surface area contributed by atoms with Crippen LogP contribution in [0.15, 0.2) is 75.7 Å². The van der Waals surface area contributed by atoms with Gasteiger partial charge in [-0.2, -0.15) is 0 Å². The van der Waals surface area contributed by atoms with Crippen molar-refractivity contribution in [2.75, 3.05) is 11.1 Å². The number of nitrogens with two attached hydrogens (primary N) is 1. The highest BCUT2D eigenvalue weighted by Gasteiger charge is 2.18. The number of hydrogen-bond donors (Lipinski definition) is 3.